The van der Waals surface area contributed by atoms with E-state index in [4.69, 9.17) is 0 Å². The van der Waals surface area contributed by atoms with Gasteiger partial charge in [-0.2, -0.15) is 13.2 Å². The van der Waals surface area contributed by atoms with Crippen molar-refractivity contribution >= 4 is 0 Å². The third-order valence-corrected chi connectivity index (χ3v) is 4.93. The van der Waals surface area contributed by atoms with Crippen LogP contribution in [0.4, 0.5) is 13.2 Å². The van der Waals surface area contributed by atoms with Crippen molar-refractivity contribution in [2.75, 3.05) is 6.54 Å². The van der Waals surface area contributed by atoms with Crippen LogP contribution >= 0.6 is 0 Å². The lowest BCUT2D eigenvalue weighted by Gasteiger charge is -2.26. The summed E-state index contributed by atoms with van der Waals surface area (Å²) in [5, 5.41) is 3.10. The average Bonchev–Trinajstić information content (AvgIpc) is 2.91. The maximum atomic E-state index is 13.3. The van der Waals surface area contributed by atoms with Crippen LogP contribution in [0.1, 0.15) is 49.9 Å². The van der Waals surface area contributed by atoms with Gasteiger partial charge in [-0.25, -0.2) is 4.98 Å². The first kappa shape index (κ1) is 13.9. The lowest BCUT2D eigenvalue weighted by atomic mass is 9.97. The number of aromatic nitrogens is 2. The zero-order chi connectivity index (χ0) is 14.5. The van der Waals surface area contributed by atoms with Crippen molar-refractivity contribution < 1.29 is 13.2 Å². The molecule has 1 saturated carbocycles. The summed E-state index contributed by atoms with van der Waals surface area (Å²) in [7, 11) is 0. The second kappa shape index (κ2) is 4.76. The number of nitrogens with zero attached hydrogens (tertiary/aromatic N) is 2. The van der Waals surface area contributed by atoms with E-state index in [1.165, 1.54) is 4.57 Å². The number of hydrogen-bond donors (Lipinski definition) is 1. The molecule has 6 heteroatoms. The number of nitrogens with one attached hydrogen (secondary N) is 1. The fourth-order valence-electron chi connectivity index (χ4n) is 3.59. The molecule has 3 rings (SSSR count). The highest BCUT2D eigenvalue weighted by Gasteiger charge is 2.43. The number of imidazole rings is 1. The van der Waals surface area contributed by atoms with E-state index in [9.17, 15) is 13.2 Å². The molecule has 1 fully saturated rings. The molecule has 1 aliphatic carbocycles. The van der Waals surface area contributed by atoms with Crippen LogP contribution in [-0.4, -0.2) is 16.1 Å². The summed E-state index contributed by atoms with van der Waals surface area (Å²) in [5.41, 5.74) is 1.37. The number of hydrogen-bond acceptors (Lipinski definition) is 2. The highest BCUT2D eigenvalue weighted by atomic mass is 19.4. The van der Waals surface area contributed by atoms with Gasteiger partial charge < -0.3 is 9.88 Å². The Morgan fingerprint density at radius 3 is 2.60 bits per heavy atom. The number of fused-ring (bicyclic) bond motifs is 1. The highest BCUT2D eigenvalue weighted by Crippen LogP contribution is 2.44. The monoisotopic (exact) mass is 287 g/mol. The Morgan fingerprint density at radius 2 is 2.00 bits per heavy atom. The van der Waals surface area contributed by atoms with Crippen LogP contribution in [0.25, 0.3) is 0 Å². The van der Waals surface area contributed by atoms with Gasteiger partial charge in [-0.3, -0.25) is 0 Å². The Labute approximate surface area is 116 Å². The van der Waals surface area contributed by atoms with E-state index >= 15 is 0 Å². The lowest BCUT2D eigenvalue weighted by Crippen LogP contribution is -2.28. The second-order valence-electron chi connectivity index (χ2n) is 6.10. The van der Waals surface area contributed by atoms with E-state index in [0.717, 1.165) is 25.1 Å². The molecule has 20 heavy (non-hydrogen) atoms. The molecule has 0 bridgehead atoms. The van der Waals surface area contributed by atoms with Crippen LogP contribution in [0.3, 0.4) is 0 Å². The quantitative estimate of drug-likeness (QED) is 0.860. The molecule has 2 heterocycles. The van der Waals surface area contributed by atoms with Crippen molar-refractivity contribution in [3.05, 3.63) is 17.2 Å². The van der Waals surface area contributed by atoms with Crippen LogP contribution in [0.2, 0.25) is 0 Å². The molecule has 2 aliphatic rings. The first-order valence-electron chi connectivity index (χ1n) is 7.27. The number of halogens is 3. The molecule has 3 nitrogen and oxygen atoms in total. The molecule has 1 aromatic rings. The number of rotatable bonds is 1. The number of alkyl halides is 3. The first-order chi connectivity index (χ1) is 9.39. The van der Waals surface area contributed by atoms with Crippen molar-refractivity contribution in [1.82, 2.24) is 14.9 Å². The molecule has 3 unspecified atom stereocenters. The molecule has 0 spiro atoms. The largest absolute Gasteiger partial charge is 0.449 e. The van der Waals surface area contributed by atoms with Crippen molar-refractivity contribution in [2.45, 2.75) is 51.9 Å². The van der Waals surface area contributed by atoms with Gasteiger partial charge in [-0.05, 0) is 24.7 Å². The minimum Gasteiger partial charge on any atom is -0.321 e. The van der Waals surface area contributed by atoms with E-state index in [-0.39, 0.29) is 12.0 Å². The molecule has 112 valence electrons. The third-order valence-electron chi connectivity index (χ3n) is 4.93. The summed E-state index contributed by atoms with van der Waals surface area (Å²) in [6, 6.07) is -0.0593. The zero-order valence-corrected chi connectivity index (χ0v) is 11.8. The molecular formula is C14H20F3N3. The third kappa shape index (κ3) is 2.14. The predicted molar refractivity (Wildman–Crippen MR) is 69.2 cm³/mol. The molecule has 0 aromatic carbocycles. The van der Waals surface area contributed by atoms with Gasteiger partial charge in [0.25, 0.3) is 0 Å². The molecular weight excluding hydrogens is 267 g/mol. The van der Waals surface area contributed by atoms with Gasteiger partial charge in [0.05, 0.1) is 5.69 Å². The topological polar surface area (TPSA) is 29.9 Å². The van der Waals surface area contributed by atoms with Gasteiger partial charge in [-0.1, -0.05) is 13.8 Å². The second-order valence-corrected chi connectivity index (χ2v) is 6.10. The fourth-order valence-corrected chi connectivity index (χ4v) is 3.59. The van der Waals surface area contributed by atoms with Gasteiger partial charge in [0.2, 0.25) is 5.82 Å². The maximum absolute atomic E-state index is 13.3. The van der Waals surface area contributed by atoms with E-state index in [2.05, 4.69) is 24.1 Å². The summed E-state index contributed by atoms with van der Waals surface area (Å²) in [5.74, 6) is 0.0438. The van der Waals surface area contributed by atoms with E-state index in [1.807, 2.05) is 0 Å². The molecule has 1 aromatic heterocycles. The van der Waals surface area contributed by atoms with Gasteiger partial charge in [0.1, 0.15) is 0 Å². The molecule has 0 saturated heterocycles. The summed E-state index contributed by atoms with van der Waals surface area (Å²) in [4.78, 5) is 3.90. The lowest BCUT2D eigenvalue weighted by molar-refractivity contribution is -0.148. The molecule has 1 N–H and O–H groups in total. The average molecular weight is 287 g/mol. The van der Waals surface area contributed by atoms with Gasteiger partial charge in [0.15, 0.2) is 0 Å². The van der Waals surface area contributed by atoms with Crippen molar-refractivity contribution in [3.8, 4) is 0 Å². The van der Waals surface area contributed by atoms with Crippen LogP contribution < -0.4 is 5.32 Å². The van der Waals surface area contributed by atoms with Gasteiger partial charge in [-0.15, -0.1) is 0 Å². The Hall–Kier alpha value is -1.04. The fraction of sp³-hybridized carbons (Fsp3) is 0.786. The van der Waals surface area contributed by atoms with E-state index < -0.39 is 12.0 Å². The maximum Gasteiger partial charge on any atom is 0.449 e. The minimum atomic E-state index is -4.37. The molecule has 1 aliphatic heterocycles. The first-order valence-corrected chi connectivity index (χ1v) is 7.27. The Bertz CT molecular complexity index is 506. The van der Waals surface area contributed by atoms with Crippen molar-refractivity contribution in [2.24, 2.45) is 11.8 Å². The highest BCUT2D eigenvalue weighted by molar-refractivity contribution is 5.23. The Kier molecular flexibility index (Phi) is 3.31. The molecule has 0 radical (unpaired) electrons. The smallest absolute Gasteiger partial charge is 0.321 e. The molecule has 3 atom stereocenters. The van der Waals surface area contributed by atoms with Gasteiger partial charge >= 0.3 is 6.18 Å². The Balaban J connectivity index is 2.10. The summed E-state index contributed by atoms with van der Waals surface area (Å²) in [6.07, 6.45) is -1.92. The van der Waals surface area contributed by atoms with E-state index in [0.29, 0.717) is 24.6 Å². The normalized spacial score (nSPS) is 30.6. The van der Waals surface area contributed by atoms with Crippen molar-refractivity contribution in [1.29, 1.82) is 0 Å². The Morgan fingerprint density at radius 1 is 1.25 bits per heavy atom. The predicted octanol–water partition coefficient (Wildman–Crippen LogP) is 3.15. The van der Waals surface area contributed by atoms with Gasteiger partial charge in [0, 0.05) is 31.2 Å². The minimum absolute atomic E-state index is 0.0593. The van der Waals surface area contributed by atoms with Crippen LogP contribution in [0.15, 0.2) is 0 Å². The summed E-state index contributed by atoms with van der Waals surface area (Å²) in [6.45, 7) is 5.37. The van der Waals surface area contributed by atoms with Crippen molar-refractivity contribution in [3.63, 3.8) is 0 Å². The zero-order valence-electron chi connectivity index (χ0n) is 11.8. The SMILES string of the molecule is CC1CCC(n2c(C(F)(F)F)nc3c2CCNC3)C1C. The standard InChI is InChI=1S/C14H20F3N3/c1-8-3-4-11(9(8)2)20-12-5-6-18-7-10(12)19-13(20)14(15,16)17/h8-9,11,18H,3-7H2,1-2H3. The van der Waals surface area contributed by atoms with Crippen LogP contribution in [0, 0.1) is 11.8 Å². The molecule has 0 amide bonds. The summed E-state index contributed by atoms with van der Waals surface area (Å²) >= 11 is 0. The van der Waals surface area contributed by atoms with Crippen LogP contribution in [0.5, 0.6) is 0 Å². The summed E-state index contributed by atoms with van der Waals surface area (Å²) < 4.78 is 41.4. The van der Waals surface area contributed by atoms with Crippen LogP contribution in [-0.2, 0) is 19.1 Å². The van der Waals surface area contributed by atoms with E-state index in [1.54, 1.807) is 0 Å².